The van der Waals surface area contributed by atoms with Crippen LogP contribution in [0.4, 0.5) is 11.4 Å². The molecule has 0 radical (unpaired) electrons. The summed E-state index contributed by atoms with van der Waals surface area (Å²) in [5.41, 5.74) is 6.70. The van der Waals surface area contributed by atoms with Crippen molar-refractivity contribution in [2.75, 3.05) is 30.7 Å². The van der Waals surface area contributed by atoms with Gasteiger partial charge >= 0.3 is 0 Å². The summed E-state index contributed by atoms with van der Waals surface area (Å²) in [5.74, 6) is 0. The lowest BCUT2D eigenvalue weighted by Crippen LogP contribution is -2.41. The van der Waals surface area contributed by atoms with Crippen LogP contribution >= 0.6 is 0 Å². The number of hydrogen-bond acceptors (Lipinski definition) is 5. The van der Waals surface area contributed by atoms with Crippen LogP contribution in [0.25, 0.3) is 0 Å². The van der Waals surface area contributed by atoms with Gasteiger partial charge in [0.2, 0.25) is 10.0 Å². The summed E-state index contributed by atoms with van der Waals surface area (Å²) >= 11 is 0. The minimum absolute atomic E-state index is 0.0295. The van der Waals surface area contributed by atoms with Gasteiger partial charge in [-0.3, -0.25) is 4.90 Å². The zero-order valence-corrected chi connectivity index (χ0v) is 13.2. The van der Waals surface area contributed by atoms with Crippen LogP contribution in [-0.4, -0.2) is 39.0 Å². The molecule has 0 bridgehead atoms. The van der Waals surface area contributed by atoms with Crippen molar-refractivity contribution in [2.24, 2.45) is 5.14 Å². The van der Waals surface area contributed by atoms with E-state index >= 15 is 0 Å². The molecule has 1 atom stereocenters. The van der Waals surface area contributed by atoms with Gasteiger partial charge in [-0.2, -0.15) is 0 Å². The number of likely N-dealkylation sites (tertiary alicyclic amines) is 1. The zero-order valence-electron chi connectivity index (χ0n) is 12.4. The van der Waals surface area contributed by atoms with E-state index < -0.39 is 10.0 Å². The monoisotopic (exact) mass is 312 g/mol. The van der Waals surface area contributed by atoms with E-state index in [4.69, 9.17) is 10.9 Å². The lowest BCUT2D eigenvalue weighted by Gasteiger charge is -2.32. The van der Waals surface area contributed by atoms with Crippen molar-refractivity contribution in [1.82, 2.24) is 4.90 Å². The van der Waals surface area contributed by atoms with Crippen molar-refractivity contribution in [3.63, 3.8) is 0 Å². The normalized spacial score (nSPS) is 18.4. The highest BCUT2D eigenvalue weighted by molar-refractivity contribution is 7.89. The summed E-state index contributed by atoms with van der Waals surface area (Å²) in [4.78, 5) is 2.41. The van der Waals surface area contributed by atoms with E-state index in [1.54, 1.807) is 12.1 Å². The third-order valence-electron chi connectivity index (χ3n) is 3.97. The maximum Gasteiger partial charge on any atom is 0.240 e. The second kappa shape index (κ2) is 6.64. The molecule has 1 unspecified atom stereocenters. The fourth-order valence-corrected chi connectivity index (χ4v) is 3.38. The van der Waals surface area contributed by atoms with Gasteiger partial charge in [0, 0.05) is 12.6 Å². The van der Waals surface area contributed by atoms with E-state index in [1.165, 1.54) is 25.3 Å². The van der Waals surface area contributed by atoms with Crippen molar-refractivity contribution in [3.8, 4) is 0 Å². The average molecular weight is 312 g/mol. The Balaban J connectivity index is 2.03. The van der Waals surface area contributed by atoms with Crippen LogP contribution in [-0.2, 0) is 10.0 Å². The van der Waals surface area contributed by atoms with Gasteiger partial charge in [-0.25, -0.2) is 13.6 Å². The Morgan fingerprint density at radius 1 is 1.29 bits per heavy atom. The predicted octanol–water partition coefficient (Wildman–Crippen LogP) is 1.20. The first kappa shape index (κ1) is 16.1. The molecular weight excluding hydrogens is 288 g/mol. The van der Waals surface area contributed by atoms with Gasteiger partial charge in [0.1, 0.15) is 4.90 Å². The lowest BCUT2D eigenvalue weighted by atomic mass is 10.1. The first-order chi connectivity index (χ1) is 9.89. The number of para-hydroxylation sites is 1. The van der Waals surface area contributed by atoms with E-state index in [2.05, 4.69) is 17.1 Å². The molecule has 118 valence electrons. The molecule has 5 N–H and O–H groups in total. The Labute approximate surface area is 126 Å². The van der Waals surface area contributed by atoms with Gasteiger partial charge in [0.05, 0.1) is 11.4 Å². The summed E-state index contributed by atoms with van der Waals surface area (Å²) in [7, 11) is -3.79. The third kappa shape index (κ3) is 4.09. The van der Waals surface area contributed by atoms with Crippen LogP contribution in [0.5, 0.6) is 0 Å². The Morgan fingerprint density at radius 3 is 2.57 bits per heavy atom. The van der Waals surface area contributed by atoms with Gasteiger partial charge in [-0.05, 0) is 45.0 Å². The molecule has 1 heterocycles. The Kier molecular flexibility index (Phi) is 5.08. The molecule has 1 aromatic carbocycles. The van der Waals surface area contributed by atoms with Crippen LogP contribution in [0.1, 0.15) is 26.2 Å². The molecule has 0 spiro atoms. The highest BCUT2D eigenvalue weighted by atomic mass is 32.2. The van der Waals surface area contributed by atoms with Crippen molar-refractivity contribution >= 4 is 21.4 Å². The quantitative estimate of drug-likeness (QED) is 0.709. The van der Waals surface area contributed by atoms with Crippen molar-refractivity contribution in [2.45, 2.75) is 37.1 Å². The zero-order chi connectivity index (χ0) is 15.5. The Hall–Kier alpha value is -1.31. The molecule has 0 saturated carbocycles. The van der Waals surface area contributed by atoms with Gasteiger partial charge < -0.3 is 11.1 Å². The molecule has 0 aromatic heterocycles. The summed E-state index contributed by atoms with van der Waals surface area (Å²) in [6.45, 7) is 5.13. The molecule has 0 aliphatic carbocycles. The van der Waals surface area contributed by atoms with Crippen LogP contribution in [0.15, 0.2) is 23.1 Å². The van der Waals surface area contributed by atoms with Crippen molar-refractivity contribution in [3.05, 3.63) is 18.2 Å². The molecule has 7 heteroatoms. The van der Waals surface area contributed by atoms with E-state index in [0.29, 0.717) is 11.7 Å². The van der Waals surface area contributed by atoms with Crippen LogP contribution in [0, 0.1) is 0 Å². The minimum Gasteiger partial charge on any atom is -0.396 e. The molecule has 1 aliphatic heterocycles. The predicted molar refractivity (Wildman–Crippen MR) is 85.6 cm³/mol. The molecular formula is C14H24N4O2S. The van der Waals surface area contributed by atoms with Crippen molar-refractivity contribution in [1.29, 1.82) is 0 Å². The van der Waals surface area contributed by atoms with Crippen LogP contribution in [0.2, 0.25) is 0 Å². The molecule has 1 saturated heterocycles. The number of hydrogen-bond donors (Lipinski definition) is 3. The number of nitrogen functional groups attached to an aromatic ring is 1. The first-order valence-electron chi connectivity index (χ1n) is 7.29. The maximum absolute atomic E-state index is 11.5. The number of benzene rings is 1. The molecule has 6 nitrogen and oxygen atoms in total. The second-order valence-electron chi connectivity index (χ2n) is 5.59. The molecule has 21 heavy (non-hydrogen) atoms. The summed E-state index contributed by atoms with van der Waals surface area (Å²) in [5, 5.41) is 8.39. The van der Waals surface area contributed by atoms with Crippen LogP contribution in [0.3, 0.4) is 0 Å². The Bertz CT molecular complexity index is 583. The summed E-state index contributed by atoms with van der Waals surface area (Å²) < 4.78 is 22.9. The number of nitrogens with one attached hydrogen (secondary N) is 1. The smallest absolute Gasteiger partial charge is 0.240 e. The van der Waals surface area contributed by atoms with Gasteiger partial charge in [0.25, 0.3) is 0 Å². The number of anilines is 2. The van der Waals surface area contributed by atoms with Crippen LogP contribution < -0.4 is 16.2 Å². The lowest BCUT2D eigenvalue weighted by molar-refractivity contribution is 0.180. The topological polar surface area (TPSA) is 101 Å². The van der Waals surface area contributed by atoms with Gasteiger partial charge in [-0.15, -0.1) is 0 Å². The van der Waals surface area contributed by atoms with E-state index in [1.807, 2.05) is 0 Å². The number of nitrogens with zero attached hydrogens (tertiary/aromatic N) is 1. The largest absolute Gasteiger partial charge is 0.396 e. The van der Waals surface area contributed by atoms with E-state index in [9.17, 15) is 8.42 Å². The standard InChI is InChI=1S/C14H24N4O2S/c1-11(18-8-3-2-4-9-18)10-17-12-6-5-7-13(14(12)15)21(16,19)20/h5-7,11,17H,2-4,8-10,15H2,1H3,(H2,16,19,20). The second-order valence-corrected chi connectivity index (χ2v) is 7.12. The molecule has 1 aromatic rings. The fourth-order valence-electron chi connectivity index (χ4n) is 2.69. The third-order valence-corrected chi connectivity index (χ3v) is 4.94. The molecule has 0 amide bonds. The number of rotatable bonds is 5. The highest BCUT2D eigenvalue weighted by Gasteiger charge is 2.18. The summed E-state index contributed by atoms with van der Waals surface area (Å²) in [6.07, 6.45) is 3.79. The number of primary sulfonamides is 1. The minimum atomic E-state index is -3.79. The Morgan fingerprint density at radius 2 is 1.95 bits per heavy atom. The number of piperidine rings is 1. The summed E-state index contributed by atoms with van der Waals surface area (Å²) in [6, 6.07) is 5.21. The molecule has 1 fully saturated rings. The first-order valence-corrected chi connectivity index (χ1v) is 8.83. The van der Waals surface area contributed by atoms with E-state index in [-0.39, 0.29) is 10.6 Å². The SMILES string of the molecule is CC(CNc1cccc(S(N)(=O)=O)c1N)N1CCCCC1. The van der Waals surface area contributed by atoms with Gasteiger partial charge in [-0.1, -0.05) is 12.5 Å². The number of sulfonamides is 1. The maximum atomic E-state index is 11.5. The number of nitrogens with two attached hydrogens (primary N) is 2. The molecule has 2 rings (SSSR count). The van der Waals surface area contributed by atoms with Gasteiger partial charge in [0.15, 0.2) is 0 Å². The average Bonchev–Trinajstić information content (AvgIpc) is 2.45. The van der Waals surface area contributed by atoms with E-state index in [0.717, 1.165) is 19.6 Å². The van der Waals surface area contributed by atoms with Crippen molar-refractivity contribution < 1.29 is 8.42 Å². The fraction of sp³-hybridized carbons (Fsp3) is 0.571. The highest BCUT2D eigenvalue weighted by Crippen LogP contribution is 2.25. The molecule has 1 aliphatic rings.